The van der Waals surface area contributed by atoms with Gasteiger partial charge in [0.25, 0.3) is 0 Å². The molecule has 1 saturated heterocycles. The number of carbonyl (C=O) groups excluding carboxylic acids is 1. The van der Waals surface area contributed by atoms with Crippen LogP contribution in [0.15, 0.2) is 0 Å². The number of ether oxygens (including phenoxy) is 1. The van der Waals surface area contributed by atoms with Crippen LogP contribution in [0.5, 0.6) is 0 Å². The topological polar surface area (TPSA) is 128 Å². The fourth-order valence-corrected chi connectivity index (χ4v) is 6.48. The Bertz CT molecular complexity index is 668. The molecule has 0 aliphatic carbocycles. The van der Waals surface area contributed by atoms with Crippen LogP contribution in [-0.4, -0.2) is 76.5 Å². The van der Waals surface area contributed by atoms with Crippen molar-refractivity contribution in [2.75, 3.05) is 19.7 Å². The van der Waals surface area contributed by atoms with Crippen LogP contribution in [0.25, 0.3) is 0 Å². The number of amides is 2. The average Bonchev–Trinajstić information content (AvgIpc) is 3.04. The third-order valence-corrected chi connectivity index (χ3v) is 9.58. The first-order valence-corrected chi connectivity index (χ1v) is 19.4. The van der Waals surface area contributed by atoms with E-state index in [1.54, 1.807) is 4.90 Å². The van der Waals surface area contributed by atoms with Crippen molar-refractivity contribution in [1.82, 2.24) is 10.2 Å². The van der Waals surface area contributed by atoms with Gasteiger partial charge in [0.15, 0.2) is 6.23 Å². The summed E-state index contributed by atoms with van der Waals surface area (Å²) in [6, 6.07) is -1.21. The smallest absolute Gasteiger partial charge is 0.319 e. The van der Waals surface area contributed by atoms with E-state index in [-0.39, 0.29) is 6.03 Å². The van der Waals surface area contributed by atoms with Crippen molar-refractivity contribution in [2.24, 2.45) is 5.73 Å². The molecule has 0 aromatic carbocycles. The fourth-order valence-electron chi connectivity index (χ4n) is 6.48. The maximum atomic E-state index is 13.3. The van der Waals surface area contributed by atoms with Gasteiger partial charge in [-0.2, -0.15) is 0 Å². The SMILES string of the molecule is CCCCCCCCCCCCCCCCCCNC(=O)N(CCCCCCCCCCCC)[C@@H]1O[C@H](CO)[C@H](O)[C@H](O)[C@H]1N. The molecule has 8 heteroatoms. The second-order valence-electron chi connectivity index (χ2n) is 13.7. The molecule has 1 aliphatic rings. The Morgan fingerprint density at radius 2 is 1.00 bits per heavy atom. The highest BCUT2D eigenvalue weighted by Gasteiger charge is 2.45. The summed E-state index contributed by atoms with van der Waals surface area (Å²) in [6.45, 7) is 5.11. The summed E-state index contributed by atoms with van der Waals surface area (Å²) in [7, 11) is 0. The van der Waals surface area contributed by atoms with Gasteiger partial charge in [-0.15, -0.1) is 0 Å². The van der Waals surface area contributed by atoms with Gasteiger partial charge in [-0.1, -0.05) is 168 Å². The number of carbonyl (C=O) groups is 1. The van der Waals surface area contributed by atoms with Gasteiger partial charge in [0.1, 0.15) is 18.3 Å². The number of nitrogens with two attached hydrogens (primary N) is 1. The Morgan fingerprint density at radius 3 is 1.40 bits per heavy atom. The number of hydrogen-bond donors (Lipinski definition) is 5. The molecule has 0 spiro atoms. The number of nitrogens with zero attached hydrogens (tertiary/aromatic N) is 1. The maximum absolute atomic E-state index is 13.3. The molecule has 1 rings (SSSR count). The molecule has 0 unspecified atom stereocenters. The molecule has 2 amide bonds. The molecule has 45 heavy (non-hydrogen) atoms. The van der Waals surface area contributed by atoms with Crippen LogP contribution in [0, 0.1) is 0 Å². The molecule has 1 aliphatic heterocycles. The standard InChI is InChI=1S/C37H75N3O5/c1-3-5-7-9-11-13-15-16-17-18-19-20-21-23-25-27-29-39-37(44)40(30-28-26-24-22-14-12-10-8-6-4-2)36-33(38)35(43)34(42)32(31-41)45-36/h32-36,41-43H,3-31,38H2,1-2H3,(H,39,44)/t32-,33-,34+,35-,36-/m1/s1. The van der Waals surface area contributed by atoms with Crippen LogP contribution in [0.2, 0.25) is 0 Å². The van der Waals surface area contributed by atoms with E-state index in [0.29, 0.717) is 13.1 Å². The number of hydrogen-bond acceptors (Lipinski definition) is 6. The summed E-state index contributed by atoms with van der Waals surface area (Å²) < 4.78 is 5.87. The predicted octanol–water partition coefficient (Wildman–Crippen LogP) is 7.95. The summed E-state index contributed by atoms with van der Waals surface area (Å²) in [5, 5.41) is 33.5. The highest BCUT2D eigenvalue weighted by Crippen LogP contribution is 2.23. The quantitative estimate of drug-likeness (QED) is 0.0507. The van der Waals surface area contributed by atoms with Gasteiger partial charge in [-0.3, -0.25) is 4.90 Å². The zero-order valence-corrected chi connectivity index (χ0v) is 29.6. The van der Waals surface area contributed by atoms with Crippen molar-refractivity contribution in [3.63, 3.8) is 0 Å². The molecule has 0 bridgehead atoms. The predicted molar refractivity (Wildman–Crippen MR) is 187 cm³/mol. The third kappa shape index (κ3) is 20.1. The monoisotopic (exact) mass is 642 g/mol. The van der Waals surface area contributed by atoms with Gasteiger partial charge in [-0.05, 0) is 12.8 Å². The minimum atomic E-state index is -1.28. The van der Waals surface area contributed by atoms with Gasteiger partial charge in [0.05, 0.1) is 12.6 Å². The summed E-state index contributed by atoms with van der Waals surface area (Å²) in [5.74, 6) is 0. The number of urea groups is 1. The lowest BCUT2D eigenvalue weighted by Gasteiger charge is -2.45. The van der Waals surface area contributed by atoms with E-state index in [0.717, 1.165) is 32.1 Å². The Morgan fingerprint density at radius 1 is 0.622 bits per heavy atom. The van der Waals surface area contributed by atoms with E-state index in [1.807, 2.05) is 0 Å². The highest BCUT2D eigenvalue weighted by molar-refractivity contribution is 5.74. The van der Waals surface area contributed by atoms with E-state index in [4.69, 9.17) is 10.5 Å². The lowest BCUT2D eigenvalue weighted by molar-refractivity contribution is -0.218. The zero-order chi connectivity index (χ0) is 33.0. The number of aliphatic hydroxyl groups is 3. The molecular weight excluding hydrogens is 566 g/mol. The van der Waals surface area contributed by atoms with Gasteiger partial charge in [0.2, 0.25) is 0 Å². The van der Waals surface area contributed by atoms with Gasteiger partial charge < -0.3 is 31.1 Å². The van der Waals surface area contributed by atoms with Gasteiger partial charge >= 0.3 is 6.03 Å². The average molecular weight is 642 g/mol. The van der Waals surface area contributed by atoms with Crippen LogP contribution in [0.1, 0.15) is 181 Å². The maximum Gasteiger partial charge on any atom is 0.319 e. The summed E-state index contributed by atoms with van der Waals surface area (Å²) in [6.07, 6.45) is 28.5. The van der Waals surface area contributed by atoms with Crippen molar-refractivity contribution < 1.29 is 24.9 Å². The number of rotatable bonds is 30. The van der Waals surface area contributed by atoms with Crippen LogP contribution in [0.3, 0.4) is 0 Å². The molecule has 268 valence electrons. The molecular formula is C37H75N3O5. The van der Waals surface area contributed by atoms with Crippen LogP contribution in [0.4, 0.5) is 4.79 Å². The van der Waals surface area contributed by atoms with Crippen molar-refractivity contribution >= 4 is 6.03 Å². The molecule has 6 N–H and O–H groups in total. The number of unbranched alkanes of at least 4 members (excludes halogenated alkanes) is 24. The molecule has 0 radical (unpaired) electrons. The lowest BCUT2D eigenvalue weighted by atomic mass is 9.96. The highest BCUT2D eigenvalue weighted by atomic mass is 16.5. The number of aliphatic hydroxyl groups excluding tert-OH is 3. The van der Waals surface area contributed by atoms with E-state index in [1.165, 1.54) is 135 Å². The number of nitrogens with one attached hydrogen (secondary N) is 1. The fraction of sp³-hybridized carbons (Fsp3) is 0.973. The molecule has 5 atom stereocenters. The molecule has 1 heterocycles. The molecule has 1 fully saturated rings. The van der Waals surface area contributed by atoms with Crippen LogP contribution >= 0.6 is 0 Å². The van der Waals surface area contributed by atoms with Crippen molar-refractivity contribution in [2.45, 2.75) is 211 Å². The Balaban J connectivity index is 2.28. The summed E-state index contributed by atoms with van der Waals surface area (Å²) in [5.41, 5.74) is 6.24. The van der Waals surface area contributed by atoms with Crippen LogP contribution in [-0.2, 0) is 4.74 Å². The van der Waals surface area contributed by atoms with E-state index in [9.17, 15) is 20.1 Å². The second-order valence-corrected chi connectivity index (χ2v) is 13.7. The Labute approximate surface area is 277 Å². The third-order valence-electron chi connectivity index (χ3n) is 9.58. The van der Waals surface area contributed by atoms with Crippen molar-refractivity contribution in [1.29, 1.82) is 0 Å². The Kier molecular flexibility index (Phi) is 27.3. The Hall–Kier alpha value is -0.930. The van der Waals surface area contributed by atoms with Crippen molar-refractivity contribution in [3.05, 3.63) is 0 Å². The van der Waals surface area contributed by atoms with Gasteiger partial charge in [0, 0.05) is 13.1 Å². The van der Waals surface area contributed by atoms with E-state index >= 15 is 0 Å². The van der Waals surface area contributed by atoms with E-state index in [2.05, 4.69) is 19.2 Å². The molecule has 0 aromatic heterocycles. The van der Waals surface area contributed by atoms with Crippen molar-refractivity contribution in [3.8, 4) is 0 Å². The first-order chi connectivity index (χ1) is 22.0. The minimum Gasteiger partial charge on any atom is -0.394 e. The first-order valence-electron chi connectivity index (χ1n) is 19.4. The normalized spacial score (nSPS) is 21.7. The lowest BCUT2D eigenvalue weighted by Crippen LogP contribution is -2.67. The van der Waals surface area contributed by atoms with Gasteiger partial charge in [-0.25, -0.2) is 4.79 Å². The zero-order valence-electron chi connectivity index (χ0n) is 29.6. The largest absolute Gasteiger partial charge is 0.394 e. The minimum absolute atomic E-state index is 0.257. The van der Waals surface area contributed by atoms with Crippen LogP contribution < -0.4 is 11.1 Å². The summed E-state index contributed by atoms with van der Waals surface area (Å²) in [4.78, 5) is 14.9. The summed E-state index contributed by atoms with van der Waals surface area (Å²) >= 11 is 0. The molecule has 0 aromatic rings. The molecule has 8 nitrogen and oxygen atoms in total. The molecule has 0 saturated carbocycles. The second kappa shape index (κ2) is 29.2. The van der Waals surface area contributed by atoms with E-state index < -0.39 is 37.2 Å². The first kappa shape index (κ1) is 42.1.